The monoisotopic (exact) mass is 329 g/mol. The quantitative estimate of drug-likeness (QED) is 0.840. The zero-order chi connectivity index (χ0) is 15.3. The van der Waals surface area contributed by atoms with Gasteiger partial charge in [-0.2, -0.15) is 11.8 Å². The van der Waals surface area contributed by atoms with Crippen LogP contribution in [0.25, 0.3) is 0 Å². The van der Waals surface area contributed by atoms with Crippen LogP contribution < -0.4 is 4.72 Å². The second-order valence-corrected chi connectivity index (χ2v) is 8.46. The fourth-order valence-corrected chi connectivity index (χ4v) is 4.99. The molecule has 0 radical (unpaired) electrons. The van der Waals surface area contributed by atoms with Crippen molar-refractivity contribution < 1.29 is 13.5 Å². The van der Waals surface area contributed by atoms with Gasteiger partial charge in [-0.3, -0.25) is 0 Å². The zero-order valence-corrected chi connectivity index (χ0v) is 14.0. The molecule has 1 aliphatic rings. The van der Waals surface area contributed by atoms with Crippen LogP contribution in [0.3, 0.4) is 0 Å². The van der Waals surface area contributed by atoms with E-state index in [0.29, 0.717) is 17.4 Å². The fraction of sp³-hybridized carbons (Fsp3) is 0.600. The van der Waals surface area contributed by atoms with E-state index in [0.717, 1.165) is 24.2 Å². The largest absolute Gasteiger partial charge is 0.392 e. The lowest BCUT2D eigenvalue weighted by Gasteiger charge is -2.21. The summed E-state index contributed by atoms with van der Waals surface area (Å²) in [4.78, 5) is 0.240. The highest BCUT2D eigenvalue weighted by Gasteiger charge is 2.19. The summed E-state index contributed by atoms with van der Waals surface area (Å²) >= 11 is 1.85. The van der Waals surface area contributed by atoms with Crippen LogP contribution in [0.2, 0.25) is 0 Å². The minimum atomic E-state index is -3.49. The first-order valence-electron chi connectivity index (χ1n) is 7.40. The highest BCUT2D eigenvalue weighted by molar-refractivity contribution is 8.00. The first kappa shape index (κ1) is 16.8. The van der Waals surface area contributed by atoms with E-state index in [1.165, 1.54) is 12.8 Å². The number of aliphatic hydroxyl groups is 1. The van der Waals surface area contributed by atoms with Crippen molar-refractivity contribution in [1.82, 2.24) is 4.72 Å². The average molecular weight is 329 g/mol. The van der Waals surface area contributed by atoms with Gasteiger partial charge in [0.1, 0.15) is 0 Å². The zero-order valence-electron chi connectivity index (χ0n) is 12.3. The van der Waals surface area contributed by atoms with Crippen LogP contribution in [0.1, 0.15) is 37.3 Å². The highest BCUT2D eigenvalue weighted by atomic mass is 32.2. The maximum absolute atomic E-state index is 12.3. The van der Waals surface area contributed by atoms with Gasteiger partial charge in [-0.1, -0.05) is 19.4 Å². The molecule has 1 aliphatic heterocycles. The molecule has 0 saturated carbocycles. The number of benzene rings is 1. The summed E-state index contributed by atoms with van der Waals surface area (Å²) in [5.74, 6) is 1.12. The molecule has 4 nitrogen and oxygen atoms in total. The van der Waals surface area contributed by atoms with Gasteiger partial charge in [0.25, 0.3) is 0 Å². The van der Waals surface area contributed by atoms with Crippen molar-refractivity contribution >= 4 is 21.8 Å². The van der Waals surface area contributed by atoms with Crippen molar-refractivity contribution in [1.29, 1.82) is 0 Å². The predicted molar refractivity (Wildman–Crippen MR) is 87.0 cm³/mol. The number of aryl methyl sites for hydroxylation is 1. The number of aliphatic hydroxyl groups excluding tert-OH is 1. The molecule has 0 amide bonds. The first-order chi connectivity index (χ1) is 10.1. The smallest absolute Gasteiger partial charge is 0.240 e. The van der Waals surface area contributed by atoms with E-state index in [1.54, 1.807) is 18.2 Å². The van der Waals surface area contributed by atoms with Crippen molar-refractivity contribution in [2.75, 3.05) is 12.3 Å². The molecule has 1 saturated heterocycles. The number of thioether (sulfide) groups is 1. The molecule has 0 aliphatic carbocycles. The summed E-state index contributed by atoms with van der Waals surface area (Å²) in [5, 5.41) is 9.73. The minimum absolute atomic E-state index is 0.134. The highest BCUT2D eigenvalue weighted by Crippen LogP contribution is 2.25. The molecule has 6 heteroatoms. The van der Waals surface area contributed by atoms with Crippen molar-refractivity contribution in [2.45, 2.75) is 49.4 Å². The number of rotatable bonds is 6. The van der Waals surface area contributed by atoms with Crippen molar-refractivity contribution in [3.63, 3.8) is 0 Å². The molecule has 2 N–H and O–H groups in total. The average Bonchev–Trinajstić information content (AvgIpc) is 2.53. The minimum Gasteiger partial charge on any atom is -0.392 e. The van der Waals surface area contributed by atoms with Gasteiger partial charge < -0.3 is 5.11 Å². The Labute approximate surface area is 131 Å². The molecule has 0 aromatic heterocycles. The SMILES string of the molecule is CCc1ccc(S(=O)(=O)NCC2CCCCS2)cc1CO. The van der Waals surface area contributed by atoms with E-state index >= 15 is 0 Å². The van der Waals surface area contributed by atoms with Gasteiger partial charge in [0.15, 0.2) is 0 Å². The Kier molecular flexibility index (Phi) is 6.10. The van der Waals surface area contributed by atoms with E-state index in [2.05, 4.69) is 4.72 Å². The Hall–Kier alpha value is -0.560. The Morgan fingerprint density at radius 3 is 2.76 bits per heavy atom. The summed E-state index contributed by atoms with van der Waals surface area (Å²) in [7, 11) is -3.49. The van der Waals surface area contributed by atoms with Gasteiger partial charge in [0, 0.05) is 11.8 Å². The summed E-state index contributed by atoms with van der Waals surface area (Å²) in [6, 6.07) is 4.99. The molecule has 0 spiro atoms. The second-order valence-electron chi connectivity index (χ2n) is 5.28. The van der Waals surface area contributed by atoms with Crippen molar-refractivity contribution in [3.8, 4) is 0 Å². The lowest BCUT2D eigenvalue weighted by Crippen LogP contribution is -2.32. The number of sulfonamides is 1. The van der Waals surface area contributed by atoms with E-state index in [4.69, 9.17) is 0 Å². The molecule has 0 bridgehead atoms. The predicted octanol–water partition coefficient (Wildman–Crippen LogP) is 2.31. The Bertz CT molecular complexity index is 566. The van der Waals surface area contributed by atoms with Crippen LogP contribution in [0, 0.1) is 0 Å². The van der Waals surface area contributed by atoms with E-state index in [9.17, 15) is 13.5 Å². The molecule has 21 heavy (non-hydrogen) atoms. The third-order valence-corrected chi connectivity index (χ3v) is 6.63. The lowest BCUT2D eigenvalue weighted by molar-refractivity contribution is 0.280. The third kappa shape index (κ3) is 4.45. The maximum atomic E-state index is 12.3. The van der Waals surface area contributed by atoms with Crippen LogP contribution in [-0.2, 0) is 23.1 Å². The van der Waals surface area contributed by atoms with Gasteiger partial charge in [0.05, 0.1) is 11.5 Å². The fourth-order valence-electron chi connectivity index (χ4n) is 2.52. The summed E-state index contributed by atoms with van der Waals surface area (Å²) < 4.78 is 27.4. The first-order valence-corrected chi connectivity index (χ1v) is 9.94. The van der Waals surface area contributed by atoms with Crippen LogP contribution in [0.4, 0.5) is 0 Å². The normalized spacial score (nSPS) is 19.6. The number of hydrogen-bond donors (Lipinski definition) is 2. The van der Waals surface area contributed by atoms with Gasteiger partial charge in [-0.05, 0) is 48.3 Å². The van der Waals surface area contributed by atoms with Crippen molar-refractivity contribution in [2.24, 2.45) is 0 Å². The molecular weight excluding hydrogens is 306 g/mol. The van der Waals surface area contributed by atoms with Crippen molar-refractivity contribution in [3.05, 3.63) is 29.3 Å². The third-order valence-electron chi connectivity index (χ3n) is 3.81. The van der Waals surface area contributed by atoms with Crippen LogP contribution in [0.5, 0.6) is 0 Å². The molecule has 1 atom stereocenters. The van der Waals surface area contributed by atoms with Gasteiger partial charge in [-0.25, -0.2) is 13.1 Å². The molecule has 2 rings (SSSR count). The maximum Gasteiger partial charge on any atom is 0.240 e. The molecule has 118 valence electrons. The van der Waals surface area contributed by atoms with E-state index in [1.807, 2.05) is 18.7 Å². The van der Waals surface area contributed by atoms with Crippen LogP contribution in [-0.4, -0.2) is 31.1 Å². The second kappa shape index (κ2) is 7.63. The molecular formula is C15H23NO3S2. The van der Waals surface area contributed by atoms with Crippen LogP contribution in [0.15, 0.2) is 23.1 Å². The number of hydrogen-bond acceptors (Lipinski definition) is 4. The molecule has 1 aromatic carbocycles. The van der Waals surface area contributed by atoms with Crippen LogP contribution >= 0.6 is 11.8 Å². The summed E-state index contributed by atoms with van der Waals surface area (Å²) in [6.07, 6.45) is 4.26. The lowest BCUT2D eigenvalue weighted by atomic mass is 10.1. The molecule has 1 fully saturated rings. The molecule has 1 aromatic rings. The Balaban J connectivity index is 2.07. The summed E-state index contributed by atoms with van der Waals surface area (Å²) in [5.41, 5.74) is 1.67. The number of nitrogens with one attached hydrogen (secondary N) is 1. The van der Waals surface area contributed by atoms with E-state index in [-0.39, 0.29) is 11.5 Å². The molecule has 1 unspecified atom stereocenters. The van der Waals surface area contributed by atoms with E-state index < -0.39 is 10.0 Å². The topological polar surface area (TPSA) is 66.4 Å². The Morgan fingerprint density at radius 2 is 2.14 bits per heavy atom. The van der Waals surface area contributed by atoms with Gasteiger partial charge >= 0.3 is 0 Å². The van der Waals surface area contributed by atoms with Gasteiger partial charge in [-0.15, -0.1) is 0 Å². The standard InChI is InChI=1S/C15H23NO3S2/c1-2-12-6-7-15(9-13(12)11-17)21(18,19)16-10-14-5-3-4-8-20-14/h6-7,9,14,16-17H,2-5,8,10-11H2,1H3. The van der Waals surface area contributed by atoms with Gasteiger partial charge in [0.2, 0.25) is 10.0 Å². The summed E-state index contributed by atoms with van der Waals surface area (Å²) in [6.45, 7) is 2.34. The molecule has 1 heterocycles. The Morgan fingerprint density at radius 1 is 1.33 bits per heavy atom.